The van der Waals surface area contributed by atoms with E-state index >= 15 is 0 Å². The summed E-state index contributed by atoms with van der Waals surface area (Å²) in [6.45, 7) is 5.07. The number of hydrogen-bond donors (Lipinski definition) is 1. The topological polar surface area (TPSA) is 15.3 Å². The van der Waals surface area contributed by atoms with Crippen LogP contribution in [0.4, 0.5) is 17.6 Å². The molecule has 0 aliphatic carbocycles. The molecular weight excluding hydrogens is 284 g/mol. The Bertz CT molecular complexity index is 467. The lowest BCUT2D eigenvalue weighted by atomic mass is 10.1. The van der Waals surface area contributed by atoms with Crippen LogP contribution in [0, 0.1) is 5.82 Å². The summed E-state index contributed by atoms with van der Waals surface area (Å²) in [5.74, 6) is -1.21. The first kappa shape index (κ1) is 16.2. The summed E-state index contributed by atoms with van der Waals surface area (Å²) < 4.78 is 51.6. The number of benzene rings is 1. The SMILES string of the molecule is CCCN(Cc1ccc(F)c(C(F)(F)F)c1)C1CCNC1. The van der Waals surface area contributed by atoms with Gasteiger partial charge in [0.1, 0.15) is 5.82 Å². The number of nitrogens with one attached hydrogen (secondary N) is 1. The Morgan fingerprint density at radius 3 is 2.67 bits per heavy atom. The smallest absolute Gasteiger partial charge is 0.315 e. The number of hydrogen-bond acceptors (Lipinski definition) is 2. The molecule has 21 heavy (non-hydrogen) atoms. The van der Waals surface area contributed by atoms with Crippen molar-refractivity contribution in [2.75, 3.05) is 19.6 Å². The molecule has 6 heteroatoms. The molecule has 0 aromatic heterocycles. The molecule has 1 fully saturated rings. The van der Waals surface area contributed by atoms with Crippen molar-refractivity contribution in [3.8, 4) is 0 Å². The standard InChI is InChI=1S/C15H20F4N2/c1-2-7-21(12-5-6-20-9-12)10-11-3-4-14(16)13(8-11)15(17,18)19/h3-4,8,12,20H,2,5-7,9-10H2,1H3. The van der Waals surface area contributed by atoms with E-state index in [-0.39, 0.29) is 0 Å². The van der Waals surface area contributed by atoms with Crippen LogP contribution in [0.2, 0.25) is 0 Å². The molecule has 1 heterocycles. The first-order valence-electron chi connectivity index (χ1n) is 7.22. The molecule has 0 radical (unpaired) electrons. The lowest BCUT2D eigenvalue weighted by Gasteiger charge is -2.28. The Labute approximate surface area is 122 Å². The third-order valence-corrected chi connectivity index (χ3v) is 3.78. The summed E-state index contributed by atoms with van der Waals surface area (Å²) in [6.07, 6.45) is -2.72. The average molecular weight is 304 g/mol. The minimum Gasteiger partial charge on any atom is -0.315 e. The Hall–Kier alpha value is -1.14. The molecule has 1 aromatic rings. The van der Waals surface area contributed by atoms with Gasteiger partial charge in [0.05, 0.1) is 5.56 Å². The van der Waals surface area contributed by atoms with Crippen LogP contribution in [-0.2, 0) is 12.7 Å². The highest BCUT2D eigenvalue weighted by Gasteiger charge is 2.34. The molecule has 0 amide bonds. The van der Waals surface area contributed by atoms with E-state index in [1.165, 1.54) is 6.07 Å². The van der Waals surface area contributed by atoms with Crippen molar-refractivity contribution in [1.29, 1.82) is 0 Å². The van der Waals surface area contributed by atoms with Crippen LogP contribution >= 0.6 is 0 Å². The zero-order valence-electron chi connectivity index (χ0n) is 12.0. The fourth-order valence-electron chi connectivity index (χ4n) is 2.75. The van der Waals surface area contributed by atoms with Crippen molar-refractivity contribution in [1.82, 2.24) is 10.2 Å². The predicted molar refractivity (Wildman–Crippen MR) is 73.4 cm³/mol. The van der Waals surface area contributed by atoms with E-state index in [4.69, 9.17) is 0 Å². The zero-order chi connectivity index (χ0) is 15.5. The van der Waals surface area contributed by atoms with Crippen LogP contribution in [-0.4, -0.2) is 30.6 Å². The average Bonchev–Trinajstić information content (AvgIpc) is 2.93. The maximum Gasteiger partial charge on any atom is 0.419 e. The van der Waals surface area contributed by atoms with Gasteiger partial charge in [-0.05, 0) is 43.6 Å². The van der Waals surface area contributed by atoms with Crippen LogP contribution in [0.1, 0.15) is 30.9 Å². The van der Waals surface area contributed by atoms with Gasteiger partial charge >= 0.3 is 6.18 Å². The van der Waals surface area contributed by atoms with Gasteiger partial charge in [-0.2, -0.15) is 13.2 Å². The first-order chi connectivity index (χ1) is 9.91. The number of nitrogens with zero attached hydrogens (tertiary/aromatic N) is 1. The zero-order valence-corrected chi connectivity index (χ0v) is 12.0. The second kappa shape index (κ2) is 6.75. The maximum absolute atomic E-state index is 13.3. The van der Waals surface area contributed by atoms with Gasteiger partial charge in [0, 0.05) is 19.1 Å². The quantitative estimate of drug-likeness (QED) is 0.839. The molecule has 1 aliphatic heterocycles. The molecule has 0 spiro atoms. The van der Waals surface area contributed by atoms with E-state index in [0.29, 0.717) is 18.2 Å². The summed E-state index contributed by atoms with van der Waals surface area (Å²) >= 11 is 0. The summed E-state index contributed by atoms with van der Waals surface area (Å²) in [4.78, 5) is 2.17. The fraction of sp³-hybridized carbons (Fsp3) is 0.600. The summed E-state index contributed by atoms with van der Waals surface area (Å²) in [6, 6.07) is 3.62. The molecule has 1 N–H and O–H groups in total. The Balaban J connectivity index is 2.16. The second-order valence-corrected chi connectivity index (χ2v) is 5.43. The Morgan fingerprint density at radius 2 is 2.10 bits per heavy atom. The molecule has 1 saturated heterocycles. The highest BCUT2D eigenvalue weighted by atomic mass is 19.4. The molecule has 1 unspecified atom stereocenters. The van der Waals surface area contributed by atoms with Crippen molar-refractivity contribution in [2.24, 2.45) is 0 Å². The van der Waals surface area contributed by atoms with Crippen LogP contribution in [0.25, 0.3) is 0 Å². The third kappa shape index (κ3) is 4.17. The maximum atomic E-state index is 13.3. The fourth-order valence-corrected chi connectivity index (χ4v) is 2.75. The van der Waals surface area contributed by atoms with Gasteiger partial charge in [0.2, 0.25) is 0 Å². The van der Waals surface area contributed by atoms with Gasteiger partial charge in [0.25, 0.3) is 0 Å². The normalized spacial score (nSPS) is 19.4. The van der Waals surface area contributed by atoms with Gasteiger partial charge in [-0.15, -0.1) is 0 Å². The Morgan fingerprint density at radius 1 is 1.33 bits per heavy atom. The van der Waals surface area contributed by atoms with E-state index < -0.39 is 17.6 Å². The monoisotopic (exact) mass is 304 g/mol. The minimum atomic E-state index is -4.65. The van der Waals surface area contributed by atoms with Crippen molar-refractivity contribution in [3.63, 3.8) is 0 Å². The first-order valence-corrected chi connectivity index (χ1v) is 7.22. The van der Waals surface area contributed by atoms with Crippen LogP contribution in [0.5, 0.6) is 0 Å². The van der Waals surface area contributed by atoms with Crippen molar-refractivity contribution < 1.29 is 17.6 Å². The number of halogens is 4. The highest BCUT2D eigenvalue weighted by molar-refractivity contribution is 5.27. The molecular formula is C15H20F4N2. The summed E-state index contributed by atoms with van der Waals surface area (Å²) in [5.41, 5.74) is -0.676. The minimum absolute atomic E-state index is 0.337. The lowest BCUT2D eigenvalue weighted by molar-refractivity contribution is -0.140. The number of alkyl halides is 3. The molecule has 118 valence electrons. The predicted octanol–water partition coefficient (Wildman–Crippen LogP) is 3.42. The van der Waals surface area contributed by atoms with E-state index in [9.17, 15) is 17.6 Å². The highest BCUT2D eigenvalue weighted by Crippen LogP contribution is 2.32. The van der Waals surface area contributed by atoms with Crippen LogP contribution < -0.4 is 5.32 Å². The van der Waals surface area contributed by atoms with Crippen molar-refractivity contribution in [2.45, 2.75) is 38.5 Å². The third-order valence-electron chi connectivity index (χ3n) is 3.78. The number of rotatable bonds is 5. The molecule has 2 rings (SSSR count). The summed E-state index contributed by atoms with van der Waals surface area (Å²) in [5, 5.41) is 3.26. The largest absolute Gasteiger partial charge is 0.419 e. The Kier molecular flexibility index (Phi) is 5.22. The van der Waals surface area contributed by atoms with Crippen molar-refractivity contribution in [3.05, 3.63) is 35.1 Å². The van der Waals surface area contributed by atoms with E-state index in [1.54, 1.807) is 0 Å². The molecule has 1 atom stereocenters. The van der Waals surface area contributed by atoms with Crippen LogP contribution in [0.15, 0.2) is 18.2 Å². The second-order valence-electron chi connectivity index (χ2n) is 5.43. The van der Waals surface area contributed by atoms with Crippen LogP contribution in [0.3, 0.4) is 0 Å². The van der Waals surface area contributed by atoms with Gasteiger partial charge in [-0.25, -0.2) is 4.39 Å². The summed E-state index contributed by atoms with van der Waals surface area (Å²) in [7, 11) is 0. The molecule has 2 nitrogen and oxygen atoms in total. The van der Waals surface area contributed by atoms with Gasteiger partial charge < -0.3 is 5.32 Å². The van der Waals surface area contributed by atoms with Crippen molar-refractivity contribution >= 4 is 0 Å². The van der Waals surface area contributed by atoms with E-state index in [0.717, 1.165) is 44.6 Å². The lowest BCUT2D eigenvalue weighted by Crippen LogP contribution is -2.37. The van der Waals surface area contributed by atoms with Gasteiger partial charge in [-0.1, -0.05) is 13.0 Å². The molecule has 0 bridgehead atoms. The molecule has 1 aromatic carbocycles. The van der Waals surface area contributed by atoms with Gasteiger partial charge in [-0.3, -0.25) is 4.90 Å². The van der Waals surface area contributed by atoms with Gasteiger partial charge in [0.15, 0.2) is 0 Å². The van der Waals surface area contributed by atoms with E-state index in [2.05, 4.69) is 10.2 Å². The van der Waals surface area contributed by atoms with E-state index in [1.807, 2.05) is 6.92 Å². The molecule has 1 aliphatic rings. The molecule has 0 saturated carbocycles.